The molecule has 0 saturated carbocycles. The first-order valence-electron chi connectivity index (χ1n) is 7.08. The lowest BCUT2D eigenvalue weighted by Crippen LogP contribution is -2.39. The van der Waals surface area contributed by atoms with Gasteiger partial charge in [-0.1, -0.05) is 0 Å². The monoisotopic (exact) mass is 308 g/mol. The molecule has 2 heterocycles. The number of hydrogen-bond acceptors (Lipinski definition) is 3. The summed E-state index contributed by atoms with van der Waals surface area (Å²) in [6, 6.07) is 5.84. The highest BCUT2D eigenvalue weighted by Crippen LogP contribution is 2.37. The average molecular weight is 308 g/mol. The Hall–Kier alpha value is -1.30. The average Bonchev–Trinajstić information content (AvgIpc) is 2.90. The van der Waals surface area contributed by atoms with Crippen LogP contribution in [0.25, 0.3) is 0 Å². The first-order chi connectivity index (χ1) is 10.1. The second-order valence-corrected chi connectivity index (χ2v) is 6.42. The molecule has 1 aromatic carbocycles. The summed E-state index contributed by atoms with van der Waals surface area (Å²) < 4.78 is 27.0. The largest absolute Gasteiger partial charge is 0.329 e. The Labute approximate surface area is 127 Å². The Morgan fingerprint density at radius 3 is 2.71 bits per heavy atom. The molecule has 0 bridgehead atoms. The SMILES string of the molecule is CC1c2ccsc2CCN1C(CN)c1cc(F)cc(F)c1. The Kier molecular flexibility index (Phi) is 4.06. The fourth-order valence-electron chi connectivity index (χ4n) is 3.19. The van der Waals surface area contributed by atoms with Gasteiger partial charge in [0.25, 0.3) is 0 Å². The van der Waals surface area contributed by atoms with Crippen molar-refractivity contribution in [2.75, 3.05) is 13.1 Å². The molecule has 2 N–H and O–H groups in total. The molecule has 5 heteroatoms. The van der Waals surface area contributed by atoms with Crippen molar-refractivity contribution >= 4 is 11.3 Å². The first kappa shape index (κ1) is 14.6. The molecule has 112 valence electrons. The van der Waals surface area contributed by atoms with Crippen molar-refractivity contribution < 1.29 is 8.78 Å². The van der Waals surface area contributed by atoms with Crippen LogP contribution in [0, 0.1) is 11.6 Å². The highest BCUT2D eigenvalue weighted by atomic mass is 32.1. The summed E-state index contributed by atoms with van der Waals surface area (Å²) in [5.41, 5.74) is 7.83. The molecule has 0 aliphatic carbocycles. The number of benzene rings is 1. The zero-order chi connectivity index (χ0) is 15.0. The van der Waals surface area contributed by atoms with Gasteiger partial charge in [-0.05, 0) is 48.1 Å². The Morgan fingerprint density at radius 1 is 1.33 bits per heavy atom. The van der Waals surface area contributed by atoms with Crippen LogP contribution < -0.4 is 5.73 Å². The zero-order valence-corrected chi connectivity index (χ0v) is 12.7. The van der Waals surface area contributed by atoms with Crippen LogP contribution in [-0.4, -0.2) is 18.0 Å². The van der Waals surface area contributed by atoms with Crippen LogP contribution in [0.15, 0.2) is 29.6 Å². The van der Waals surface area contributed by atoms with Crippen molar-refractivity contribution in [1.29, 1.82) is 0 Å². The molecule has 2 unspecified atom stereocenters. The predicted octanol–water partition coefficient (Wildman–Crippen LogP) is 3.65. The highest BCUT2D eigenvalue weighted by molar-refractivity contribution is 7.10. The lowest BCUT2D eigenvalue weighted by Gasteiger charge is -2.39. The molecule has 0 fully saturated rings. The van der Waals surface area contributed by atoms with Gasteiger partial charge < -0.3 is 5.73 Å². The molecule has 2 atom stereocenters. The van der Waals surface area contributed by atoms with Gasteiger partial charge in [-0.2, -0.15) is 0 Å². The van der Waals surface area contributed by atoms with E-state index in [9.17, 15) is 8.78 Å². The first-order valence-corrected chi connectivity index (χ1v) is 7.96. The number of hydrogen-bond donors (Lipinski definition) is 1. The van der Waals surface area contributed by atoms with E-state index in [0.717, 1.165) is 19.0 Å². The van der Waals surface area contributed by atoms with Crippen molar-refractivity contribution in [1.82, 2.24) is 4.90 Å². The molecule has 0 amide bonds. The van der Waals surface area contributed by atoms with E-state index in [1.54, 1.807) is 11.3 Å². The van der Waals surface area contributed by atoms with Crippen LogP contribution in [0.5, 0.6) is 0 Å². The van der Waals surface area contributed by atoms with E-state index in [2.05, 4.69) is 23.3 Å². The zero-order valence-electron chi connectivity index (χ0n) is 11.9. The molecular weight excluding hydrogens is 290 g/mol. The van der Waals surface area contributed by atoms with Crippen molar-refractivity contribution in [2.45, 2.75) is 25.4 Å². The van der Waals surface area contributed by atoms with Crippen LogP contribution in [-0.2, 0) is 6.42 Å². The van der Waals surface area contributed by atoms with E-state index in [1.165, 1.54) is 22.6 Å². The minimum atomic E-state index is -0.552. The molecule has 3 rings (SSSR count). The number of nitrogens with zero attached hydrogens (tertiary/aromatic N) is 1. The van der Waals surface area contributed by atoms with Gasteiger partial charge in [0.2, 0.25) is 0 Å². The maximum Gasteiger partial charge on any atom is 0.126 e. The van der Waals surface area contributed by atoms with Crippen LogP contribution in [0.3, 0.4) is 0 Å². The maximum absolute atomic E-state index is 13.5. The quantitative estimate of drug-likeness (QED) is 0.938. The lowest BCUT2D eigenvalue weighted by atomic mass is 9.96. The summed E-state index contributed by atoms with van der Waals surface area (Å²) >= 11 is 1.77. The standard InChI is InChI=1S/C16H18F2N2S/c1-10-14-3-5-21-16(14)2-4-20(10)15(9-19)11-6-12(17)8-13(18)7-11/h3,5-8,10,15H,2,4,9,19H2,1H3. The van der Waals surface area contributed by atoms with Gasteiger partial charge in [-0.25, -0.2) is 8.78 Å². The number of halogens is 2. The van der Waals surface area contributed by atoms with Gasteiger partial charge >= 0.3 is 0 Å². The van der Waals surface area contributed by atoms with E-state index in [-0.39, 0.29) is 12.1 Å². The summed E-state index contributed by atoms with van der Waals surface area (Å²) in [6.45, 7) is 3.32. The van der Waals surface area contributed by atoms with Crippen LogP contribution >= 0.6 is 11.3 Å². The summed E-state index contributed by atoms with van der Waals surface area (Å²) in [7, 11) is 0. The predicted molar refractivity (Wildman–Crippen MR) is 81.3 cm³/mol. The molecule has 0 spiro atoms. The molecule has 0 radical (unpaired) electrons. The van der Waals surface area contributed by atoms with E-state index >= 15 is 0 Å². The maximum atomic E-state index is 13.5. The van der Waals surface area contributed by atoms with Crippen molar-refractivity contribution in [3.8, 4) is 0 Å². The van der Waals surface area contributed by atoms with Crippen LogP contribution in [0.4, 0.5) is 8.78 Å². The minimum Gasteiger partial charge on any atom is -0.329 e. The Balaban J connectivity index is 1.94. The molecule has 2 aromatic rings. The Morgan fingerprint density at radius 2 is 2.05 bits per heavy atom. The van der Waals surface area contributed by atoms with Crippen molar-refractivity contribution in [3.63, 3.8) is 0 Å². The fraction of sp³-hybridized carbons (Fsp3) is 0.375. The third kappa shape index (κ3) is 2.73. The molecule has 1 aliphatic rings. The topological polar surface area (TPSA) is 29.3 Å². The smallest absolute Gasteiger partial charge is 0.126 e. The van der Waals surface area contributed by atoms with Crippen LogP contribution in [0.1, 0.15) is 35.0 Å². The van der Waals surface area contributed by atoms with Gasteiger partial charge in [0, 0.05) is 36.1 Å². The molecular formula is C16H18F2N2S. The van der Waals surface area contributed by atoms with Crippen LogP contribution in [0.2, 0.25) is 0 Å². The second kappa shape index (κ2) is 5.83. The van der Waals surface area contributed by atoms with E-state index in [0.29, 0.717) is 12.1 Å². The Bertz CT molecular complexity index is 621. The summed E-state index contributed by atoms with van der Waals surface area (Å²) in [6.07, 6.45) is 0.964. The fourth-order valence-corrected chi connectivity index (χ4v) is 4.15. The highest BCUT2D eigenvalue weighted by Gasteiger charge is 2.30. The normalized spacial score (nSPS) is 20.3. The lowest BCUT2D eigenvalue weighted by molar-refractivity contribution is 0.138. The van der Waals surface area contributed by atoms with E-state index in [4.69, 9.17) is 5.73 Å². The third-order valence-electron chi connectivity index (χ3n) is 4.22. The number of fused-ring (bicyclic) bond motifs is 1. The molecule has 0 saturated heterocycles. The number of thiophene rings is 1. The summed E-state index contributed by atoms with van der Waals surface area (Å²) in [5, 5.41) is 2.10. The van der Waals surface area contributed by atoms with Gasteiger partial charge in [-0.3, -0.25) is 4.90 Å². The minimum absolute atomic E-state index is 0.168. The number of rotatable bonds is 3. The summed E-state index contributed by atoms with van der Waals surface area (Å²) in [5.74, 6) is -1.10. The number of nitrogens with two attached hydrogens (primary N) is 1. The van der Waals surface area contributed by atoms with Gasteiger partial charge in [0.1, 0.15) is 11.6 Å². The van der Waals surface area contributed by atoms with Gasteiger partial charge in [0.05, 0.1) is 0 Å². The second-order valence-electron chi connectivity index (χ2n) is 5.42. The molecule has 2 nitrogen and oxygen atoms in total. The van der Waals surface area contributed by atoms with E-state index in [1.807, 2.05) is 0 Å². The third-order valence-corrected chi connectivity index (χ3v) is 5.21. The van der Waals surface area contributed by atoms with Gasteiger partial charge in [0.15, 0.2) is 0 Å². The molecule has 1 aliphatic heterocycles. The van der Waals surface area contributed by atoms with Crippen molar-refractivity contribution in [2.24, 2.45) is 5.73 Å². The molecule has 1 aromatic heterocycles. The summed E-state index contributed by atoms with van der Waals surface area (Å²) in [4.78, 5) is 3.64. The van der Waals surface area contributed by atoms with Gasteiger partial charge in [-0.15, -0.1) is 11.3 Å². The van der Waals surface area contributed by atoms with E-state index < -0.39 is 11.6 Å². The van der Waals surface area contributed by atoms with Crippen molar-refractivity contribution in [3.05, 3.63) is 57.3 Å². The molecule has 21 heavy (non-hydrogen) atoms.